The third-order valence-electron chi connectivity index (χ3n) is 3.06. The first-order valence-electron chi connectivity index (χ1n) is 7.38. The molecule has 0 aromatic carbocycles. The fourth-order valence-electron chi connectivity index (χ4n) is 1.98. The highest BCUT2D eigenvalue weighted by atomic mass is 16.5. The number of ether oxygens (including phenoxy) is 2. The lowest BCUT2D eigenvalue weighted by molar-refractivity contribution is 0.0233. The predicted molar refractivity (Wildman–Crippen MR) is 83.1 cm³/mol. The molecule has 20 heavy (non-hydrogen) atoms. The highest BCUT2D eigenvalue weighted by Gasteiger charge is 2.09. The van der Waals surface area contributed by atoms with Gasteiger partial charge in [0.25, 0.3) is 0 Å². The van der Waals surface area contributed by atoms with Crippen LogP contribution < -0.4 is 5.32 Å². The van der Waals surface area contributed by atoms with Crippen molar-refractivity contribution in [2.75, 3.05) is 53.1 Å². The van der Waals surface area contributed by atoms with Crippen molar-refractivity contribution in [1.82, 2.24) is 10.2 Å². The molecule has 0 bridgehead atoms. The van der Waals surface area contributed by atoms with Crippen molar-refractivity contribution in [3.8, 4) is 0 Å². The van der Waals surface area contributed by atoms with Gasteiger partial charge < -0.3 is 14.8 Å². The SMILES string of the molecule is CC.CN=C1NC=C/C1=C/COCCN1CCOCC1. The second-order valence-corrected chi connectivity index (χ2v) is 4.24. The average molecular weight is 281 g/mol. The van der Waals surface area contributed by atoms with Crippen molar-refractivity contribution < 1.29 is 9.47 Å². The summed E-state index contributed by atoms with van der Waals surface area (Å²) < 4.78 is 10.9. The van der Waals surface area contributed by atoms with Crippen LogP contribution in [0.2, 0.25) is 0 Å². The Labute approximate surface area is 122 Å². The van der Waals surface area contributed by atoms with Gasteiger partial charge in [-0.2, -0.15) is 0 Å². The Kier molecular flexibility index (Phi) is 8.95. The highest BCUT2D eigenvalue weighted by Crippen LogP contribution is 2.04. The molecule has 0 spiro atoms. The van der Waals surface area contributed by atoms with E-state index in [1.165, 1.54) is 0 Å². The Balaban J connectivity index is 0.000000956. The molecule has 5 nitrogen and oxygen atoms in total. The van der Waals surface area contributed by atoms with Crippen molar-refractivity contribution >= 4 is 5.84 Å². The Bertz CT molecular complexity index is 345. The summed E-state index contributed by atoms with van der Waals surface area (Å²) in [6, 6.07) is 0. The van der Waals surface area contributed by atoms with Gasteiger partial charge in [-0.3, -0.25) is 9.89 Å². The zero-order chi connectivity index (χ0) is 14.6. The fourth-order valence-corrected chi connectivity index (χ4v) is 1.98. The van der Waals surface area contributed by atoms with E-state index >= 15 is 0 Å². The van der Waals surface area contributed by atoms with Gasteiger partial charge in [-0.1, -0.05) is 13.8 Å². The predicted octanol–water partition coefficient (Wildman–Crippen LogP) is 1.43. The summed E-state index contributed by atoms with van der Waals surface area (Å²) >= 11 is 0. The maximum Gasteiger partial charge on any atom is 0.131 e. The van der Waals surface area contributed by atoms with Crippen LogP contribution in [-0.4, -0.2) is 63.8 Å². The van der Waals surface area contributed by atoms with Crippen LogP contribution in [0.5, 0.6) is 0 Å². The summed E-state index contributed by atoms with van der Waals surface area (Å²) in [6.07, 6.45) is 5.95. The van der Waals surface area contributed by atoms with E-state index < -0.39 is 0 Å². The minimum absolute atomic E-state index is 0.630. The minimum atomic E-state index is 0.630. The first kappa shape index (κ1) is 16.9. The summed E-state index contributed by atoms with van der Waals surface area (Å²) in [4.78, 5) is 6.51. The van der Waals surface area contributed by atoms with Crippen molar-refractivity contribution in [2.24, 2.45) is 4.99 Å². The topological polar surface area (TPSA) is 46.1 Å². The molecular weight excluding hydrogens is 254 g/mol. The van der Waals surface area contributed by atoms with Gasteiger partial charge in [0, 0.05) is 38.5 Å². The number of nitrogens with one attached hydrogen (secondary N) is 1. The molecule has 0 unspecified atom stereocenters. The first-order chi connectivity index (χ1) is 9.90. The van der Waals surface area contributed by atoms with Gasteiger partial charge in [0.1, 0.15) is 5.84 Å². The Hall–Kier alpha value is -1.17. The summed E-state index contributed by atoms with van der Waals surface area (Å²) in [6.45, 7) is 10.1. The number of amidine groups is 1. The molecule has 1 N–H and O–H groups in total. The molecule has 0 radical (unpaired) electrons. The largest absolute Gasteiger partial charge is 0.379 e. The zero-order valence-electron chi connectivity index (χ0n) is 12.9. The number of aliphatic imine (C=N–C) groups is 1. The average Bonchev–Trinajstić information content (AvgIpc) is 2.97. The second-order valence-electron chi connectivity index (χ2n) is 4.24. The minimum Gasteiger partial charge on any atom is -0.379 e. The third kappa shape index (κ3) is 5.86. The lowest BCUT2D eigenvalue weighted by Crippen LogP contribution is -2.38. The van der Waals surface area contributed by atoms with E-state index in [1.54, 1.807) is 7.05 Å². The summed E-state index contributed by atoms with van der Waals surface area (Å²) in [5.41, 5.74) is 1.10. The van der Waals surface area contributed by atoms with Crippen LogP contribution in [0.4, 0.5) is 0 Å². The van der Waals surface area contributed by atoms with E-state index in [0.717, 1.165) is 50.9 Å². The molecule has 2 rings (SSSR count). The number of hydrogen-bond donors (Lipinski definition) is 1. The zero-order valence-corrected chi connectivity index (χ0v) is 12.9. The van der Waals surface area contributed by atoms with Crippen LogP contribution in [0.25, 0.3) is 0 Å². The van der Waals surface area contributed by atoms with E-state index in [9.17, 15) is 0 Å². The molecule has 0 saturated carbocycles. The van der Waals surface area contributed by atoms with Crippen molar-refractivity contribution in [3.63, 3.8) is 0 Å². The quantitative estimate of drug-likeness (QED) is 0.775. The molecule has 0 aromatic rings. The summed E-state index contributed by atoms with van der Waals surface area (Å²) in [5, 5.41) is 3.07. The molecule has 0 aromatic heterocycles. The number of rotatable bonds is 5. The van der Waals surface area contributed by atoms with Crippen molar-refractivity contribution in [2.45, 2.75) is 13.8 Å². The monoisotopic (exact) mass is 281 g/mol. The smallest absolute Gasteiger partial charge is 0.131 e. The summed E-state index contributed by atoms with van der Waals surface area (Å²) in [5.74, 6) is 0.909. The van der Waals surface area contributed by atoms with Gasteiger partial charge in [-0.25, -0.2) is 0 Å². The maximum atomic E-state index is 5.62. The second kappa shape index (κ2) is 10.6. The summed E-state index contributed by atoms with van der Waals surface area (Å²) in [7, 11) is 1.78. The molecule has 5 heteroatoms. The Morgan fingerprint density at radius 1 is 1.40 bits per heavy atom. The van der Waals surface area contributed by atoms with Crippen LogP contribution >= 0.6 is 0 Å². The molecule has 2 heterocycles. The van der Waals surface area contributed by atoms with Crippen LogP contribution in [0.1, 0.15) is 13.8 Å². The molecule has 1 saturated heterocycles. The van der Waals surface area contributed by atoms with Gasteiger partial charge >= 0.3 is 0 Å². The maximum absolute atomic E-state index is 5.62. The van der Waals surface area contributed by atoms with Crippen molar-refractivity contribution in [1.29, 1.82) is 0 Å². The number of hydrogen-bond acceptors (Lipinski definition) is 4. The van der Waals surface area contributed by atoms with E-state index in [2.05, 4.69) is 21.3 Å². The molecule has 2 aliphatic rings. The molecule has 0 amide bonds. The molecule has 0 aliphatic carbocycles. The Morgan fingerprint density at radius 2 is 2.15 bits per heavy atom. The lowest BCUT2D eigenvalue weighted by atomic mass is 10.2. The third-order valence-corrected chi connectivity index (χ3v) is 3.06. The van der Waals surface area contributed by atoms with Gasteiger partial charge in [0.2, 0.25) is 0 Å². The Morgan fingerprint density at radius 3 is 2.85 bits per heavy atom. The van der Waals surface area contributed by atoms with Crippen LogP contribution in [0.3, 0.4) is 0 Å². The van der Waals surface area contributed by atoms with Crippen LogP contribution in [-0.2, 0) is 9.47 Å². The van der Waals surface area contributed by atoms with E-state index in [0.29, 0.717) is 6.61 Å². The lowest BCUT2D eigenvalue weighted by Gasteiger charge is -2.26. The van der Waals surface area contributed by atoms with Crippen LogP contribution in [0, 0.1) is 0 Å². The molecule has 1 fully saturated rings. The normalized spacial score (nSPS) is 22.8. The van der Waals surface area contributed by atoms with E-state index in [1.807, 2.05) is 26.1 Å². The van der Waals surface area contributed by atoms with Gasteiger partial charge in [-0.15, -0.1) is 0 Å². The standard InChI is InChI=1S/C13H21N3O2.C2H6/c1-14-13-12(2-4-15-13)3-8-17-9-5-16-6-10-18-11-7-16;1-2/h2-4H,5-11H2,1H3,(H,14,15);1-2H3/b12-3-;. The van der Waals surface area contributed by atoms with Gasteiger partial charge in [-0.05, 0) is 12.2 Å². The van der Waals surface area contributed by atoms with E-state index in [4.69, 9.17) is 9.47 Å². The number of morpholine rings is 1. The highest BCUT2D eigenvalue weighted by molar-refractivity contribution is 6.03. The van der Waals surface area contributed by atoms with Gasteiger partial charge in [0.05, 0.1) is 26.4 Å². The van der Waals surface area contributed by atoms with Crippen molar-refractivity contribution in [3.05, 3.63) is 23.9 Å². The molecule has 0 atom stereocenters. The molecule has 2 aliphatic heterocycles. The number of nitrogens with zero attached hydrogens (tertiary/aromatic N) is 2. The molecule has 114 valence electrons. The van der Waals surface area contributed by atoms with Gasteiger partial charge in [0.15, 0.2) is 0 Å². The van der Waals surface area contributed by atoms with Crippen LogP contribution in [0.15, 0.2) is 28.9 Å². The molecular formula is C15H27N3O2. The van der Waals surface area contributed by atoms with E-state index in [-0.39, 0.29) is 0 Å². The fraction of sp³-hybridized carbons (Fsp3) is 0.667. The first-order valence-corrected chi connectivity index (χ1v) is 7.38.